The molecular weight excluding hydrogens is 434 g/mol. The summed E-state index contributed by atoms with van der Waals surface area (Å²) < 4.78 is 26.8. The van der Waals surface area contributed by atoms with Crippen LogP contribution in [0, 0.1) is 6.92 Å². The number of hydrazone groups is 1. The predicted octanol–water partition coefficient (Wildman–Crippen LogP) is 4.63. The summed E-state index contributed by atoms with van der Waals surface area (Å²) in [6.45, 7) is 4.00. The first-order chi connectivity index (χ1) is 15.8. The van der Waals surface area contributed by atoms with Crippen molar-refractivity contribution in [1.82, 2.24) is 9.73 Å². The maximum absolute atomic E-state index is 12.8. The van der Waals surface area contributed by atoms with Crippen molar-refractivity contribution in [2.75, 3.05) is 7.05 Å². The number of hydrogen-bond donors (Lipinski definition) is 1. The summed E-state index contributed by atoms with van der Waals surface area (Å²) in [4.78, 5) is 12.6. The number of sulfonamides is 1. The van der Waals surface area contributed by atoms with Crippen LogP contribution in [0.4, 0.5) is 0 Å². The van der Waals surface area contributed by atoms with E-state index in [-0.39, 0.29) is 17.3 Å². The highest BCUT2D eigenvalue weighted by Crippen LogP contribution is 2.17. The molecule has 0 saturated heterocycles. The fourth-order valence-corrected chi connectivity index (χ4v) is 4.26. The lowest BCUT2D eigenvalue weighted by atomic mass is 10.1. The van der Waals surface area contributed by atoms with Gasteiger partial charge in [-0.2, -0.15) is 9.41 Å². The fraction of sp³-hybridized carbons (Fsp3) is 0.154. The Morgan fingerprint density at radius 2 is 1.61 bits per heavy atom. The molecule has 1 N–H and O–H groups in total. The lowest BCUT2D eigenvalue weighted by Crippen LogP contribution is -2.26. The quantitative estimate of drug-likeness (QED) is 0.392. The highest BCUT2D eigenvalue weighted by molar-refractivity contribution is 7.89. The van der Waals surface area contributed by atoms with Gasteiger partial charge in [-0.3, -0.25) is 4.79 Å². The number of carbonyl (C=O) groups is 1. The van der Waals surface area contributed by atoms with Crippen LogP contribution in [0.15, 0.2) is 94.4 Å². The highest BCUT2D eigenvalue weighted by Gasteiger charge is 2.20. The number of hydrogen-bond acceptors (Lipinski definition) is 4. The Balaban J connectivity index is 1.58. The van der Waals surface area contributed by atoms with Crippen molar-refractivity contribution in [1.29, 1.82) is 0 Å². The zero-order valence-electron chi connectivity index (χ0n) is 18.9. The van der Waals surface area contributed by atoms with Gasteiger partial charge in [0.25, 0.3) is 5.91 Å². The molecule has 7 heteroatoms. The van der Waals surface area contributed by atoms with Gasteiger partial charge in [0.1, 0.15) is 0 Å². The van der Waals surface area contributed by atoms with Crippen molar-refractivity contribution in [3.05, 3.63) is 107 Å². The van der Waals surface area contributed by atoms with Gasteiger partial charge < -0.3 is 0 Å². The number of benzene rings is 3. The van der Waals surface area contributed by atoms with Crippen molar-refractivity contribution >= 4 is 28.2 Å². The van der Waals surface area contributed by atoms with Gasteiger partial charge in [-0.15, -0.1) is 0 Å². The van der Waals surface area contributed by atoms with Crippen LogP contribution >= 0.6 is 0 Å². The molecule has 0 atom stereocenters. The molecule has 0 fully saturated rings. The summed E-state index contributed by atoms with van der Waals surface area (Å²) in [5.74, 6) is -0.342. The molecule has 1 amide bonds. The van der Waals surface area contributed by atoms with Crippen molar-refractivity contribution in [3.8, 4) is 0 Å². The highest BCUT2D eigenvalue weighted by atomic mass is 32.2. The second-order valence-corrected chi connectivity index (χ2v) is 9.81. The van der Waals surface area contributed by atoms with Gasteiger partial charge in [0.05, 0.1) is 11.1 Å². The van der Waals surface area contributed by atoms with E-state index in [1.54, 1.807) is 54.7 Å². The number of amides is 1. The van der Waals surface area contributed by atoms with E-state index in [2.05, 4.69) is 10.5 Å². The average molecular weight is 462 g/mol. The molecule has 0 bridgehead atoms. The number of carbonyl (C=O) groups excluding carboxylic acids is 1. The third kappa shape index (κ3) is 6.71. The number of allylic oxidation sites excluding steroid dienone is 1. The standard InChI is InChI=1S/C26H27N3O3S/c1-20-9-15-25(16-10-20)33(31,32)29(3)19-23-11-13-24(14-12-23)26(30)28-27-18-21(2)17-22-7-5-4-6-8-22/h4-18H,19H2,1-3H3,(H,28,30). The van der Waals surface area contributed by atoms with Crippen LogP contribution in [0.2, 0.25) is 0 Å². The van der Waals surface area contributed by atoms with Crippen LogP contribution in [-0.4, -0.2) is 31.9 Å². The van der Waals surface area contributed by atoms with E-state index in [4.69, 9.17) is 0 Å². The Bertz CT molecular complexity index is 1250. The molecule has 0 heterocycles. The molecule has 3 aromatic carbocycles. The van der Waals surface area contributed by atoms with Crippen molar-refractivity contribution in [2.45, 2.75) is 25.3 Å². The number of nitrogens with zero attached hydrogens (tertiary/aromatic N) is 2. The lowest BCUT2D eigenvalue weighted by Gasteiger charge is -2.17. The minimum absolute atomic E-state index is 0.194. The zero-order chi connectivity index (χ0) is 23.8. The van der Waals surface area contributed by atoms with Gasteiger partial charge in [0, 0.05) is 19.2 Å². The minimum atomic E-state index is -3.59. The van der Waals surface area contributed by atoms with Crippen LogP contribution in [0.25, 0.3) is 6.08 Å². The van der Waals surface area contributed by atoms with E-state index in [1.807, 2.05) is 50.3 Å². The number of rotatable bonds is 8. The first-order valence-electron chi connectivity index (χ1n) is 10.4. The number of aryl methyl sites for hydroxylation is 1. The van der Waals surface area contributed by atoms with E-state index in [0.717, 1.165) is 22.3 Å². The Morgan fingerprint density at radius 1 is 0.970 bits per heavy atom. The molecule has 170 valence electrons. The van der Waals surface area contributed by atoms with Crippen LogP contribution < -0.4 is 5.43 Å². The average Bonchev–Trinajstić information content (AvgIpc) is 2.80. The minimum Gasteiger partial charge on any atom is -0.267 e. The lowest BCUT2D eigenvalue weighted by molar-refractivity contribution is 0.0955. The Kier molecular flexibility index (Phi) is 7.92. The maximum Gasteiger partial charge on any atom is 0.271 e. The summed E-state index contributed by atoms with van der Waals surface area (Å²) in [5.41, 5.74) is 6.67. The Labute approximate surface area is 195 Å². The molecule has 0 aromatic heterocycles. The SMILES string of the molecule is CC(C=NNC(=O)c1ccc(CN(C)S(=O)(=O)c2ccc(C)cc2)cc1)=Cc1ccccc1. The zero-order valence-corrected chi connectivity index (χ0v) is 19.7. The van der Waals surface area contributed by atoms with Crippen molar-refractivity contribution < 1.29 is 13.2 Å². The summed E-state index contributed by atoms with van der Waals surface area (Å²) >= 11 is 0. The molecule has 0 aliphatic carbocycles. The van der Waals surface area contributed by atoms with Crippen LogP contribution in [-0.2, 0) is 16.6 Å². The first kappa shape index (κ1) is 24.1. The third-order valence-electron chi connectivity index (χ3n) is 4.98. The Morgan fingerprint density at radius 3 is 2.24 bits per heavy atom. The molecule has 3 aromatic rings. The van der Waals surface area contributed by atoms with Gasteiger partial charge in [0.15, 0.2) is 0 Å². The molecular formula is C26H27N3O3S. The molecule has 0 saturated carbocycles. The Hall–Kier alpha value is -3.55. The third-order valence-corrected chi connectivity index (χ3v) is 6.80. The largest absolute Gasteiger partial charge is 0.271 e. The fourth-order valence-electron chi connectivity index (χ4n) is 3.10. The number of nitrogens with one attached hydrogen (secondary N) is 1. The second-order valence-electron chi connectivity index (χ2n) is 7.77. The smallest absolute Gasteiger partial charge is 0.267 e. The monoisotopic (exact) mass is 461 g/mol. The van der Waals surface area contributed by atoms with E-state index in [1.165, 1.54) is 11.4 Å². The van der Waals surface area contributed by atoms with E-state index in [0.29, 0.717) is 5.56 Å². The van der Waals surface area contributed by atoms with Gasteiger partial charge >= 0.3 is 0 Å². The summed E-state index contributed by atoms with van der Waals surface area (Å²) in [6, 6.07) is 23.4. The van der Waals surface area contributed by atoms with E-state index < -0.39 is 10.0 Å². The van der Waals surface area contributed by atoms with Gasteiger partial charge in [-0.1, -0.05) is 66.2 Å². The summed E-state index contributed by atoms with van der Waals surface area (Å²) in [6.07, 6.45) is 3.55. The molecule has 0 aliphatic rings. The van der Waals surface area contributed by atoms with Crippen LogP contribution in [0.1, 0.15) is 34.0 Å². The molecule has 33 heavy (non-hydrogen) atoms. The predicted molar refractivity (Wildman–Crippen MR) is 132 cm³/mol. The van der Waals surface area contributed by atoms with Gasteiger partial charge in [-0.05, 0) is 54.8 Å². The summed E-state index contributed by atoms with van der Waals surface area (Å²) in [5, 5.41) is 4.01. The second kappa shape index (κ2) is 10.8. The van der Waals surface area contributed by atoms with E-state index in [9.17, 15) is 13.2 Å². The van der Waals surface area contributed by atoms with Gasteiger partial charge in [0.2, 0.25) is 10.0 Å². The van der Waals surface area contributed by atoms with Crippen LogP contribution in [0.5, 0.6) is 0 Å². The molecule has 0 aliphatic heterocycles. The van der Waals surface area contributed by atoms with Crippen LogP contribution in [0.3, 0.4) is 0 Å². The normalized spacial score (nSPS) is 12.3. The molecule has 0 unspecified atom stereocenters. The topological polar surface area (TPSA) is 78.8 Å². The van der Waals surface area contributed by atoms with Crippen molar-refractivity contribution in [3.63, 3.8) is 0 Å². The summed E-state index contributed by atoms with van der Waals surface area (Å²) in [7, 11) is -2.06. The van der Waals surface area contributed by atoms with Gasteiger partial charge in [-0.25, -0.2) is 13.8 Å². The van der Waals surface area contributed by atoms with Crippen molar-refractivity contribution in [2.24, 2.45) is 5.10 Å². The molecule has 0 radical (unpaired) electrons. The molecule has 6 nitrogen and oxygen atoms in total. The maximum atomic E-state index is 12.8. The first-order valence-corrected chi connectivity index (χ1v) is 11.9. The molecule has 0 spiro atoms. The van der Waals surface area contributed by atoms with E-state index >= 15 is 0 Å². The molecule has 3 rings (SSSR count).